The van der Waals surface area contributed by atoms with Crippen LogP contribution in [0.2, 0.25) is 0 Å². The molecule has 14 heteroatoms. The van der Waals surface area contributed by atoms with Crippen molar-refractivity contribution in [2.75, 3.05) is 0 Å². The van der Waals surface area contributed by atoms with Crippen molar-refractivity contribution in [1.82, 2.24) is 0 Å². The zero-order chi connectivity index (χ0) is 33.4. The first-order valence-corrected chi connectivity index (χ1v) is 15.2. The lowest BCUT2D eigenvalue weighted by molar-refractivity contribution is 0.111. The lowest BCUT2D eigenvalue weighted by Gasteiger charge is -2.04. The molecule has 4 aromatic rings. The van der Waals surface area contributed by atoms with Gasteiger partial charge in [0.2, 0.25) is 0 Å². The topological polar surface area (TPSA) is 115 Å². The summed E-state index contributed by atoms with van der Waals surface area (Å²) in [5, 5.41) is 34.8. The van der Waals surface area contributed by atoms with Crippen LogP contribution in [0.3, 0.4) is 0 Å². The van der Waals surface area contributed by atoms with Crippen LogP contribution < -0.4 is 0 Å². The van der Waals surface area contributed by atoms with E-state index >= 15 is 0 Å². The summed E-state index contributed by atoms with van der Waals surface area (Å²) in [6.07, 6.45) is 1.04. The van der Waals surface area contributed by atoms with E-state index in [1.165, 1.54) is 48.5 Å². The van der Waals surface area contributed by atoms with Crippen molar-refractivity contribution in [2.24, 2.45) is 0 Å². The van der Waals surface area contributed by atoms with Gasteiger partial charge in [-0.25, -0.2) is 17.6 Å². The van der Waals surface area contributed by atoms with E-state index < -0.39 is 17.5 Å². The molecule has 0 heterocycles. The van der Waals surface area contributed by atoms with Gasteiger partial charge in [0, 0.05) is 29.0 Å². The van der Waals surface area contributed by atoms with Crippen LogP contribution in [0.5, 0.6) is 0 Å². The summed E-state index contributed by atoms with van der Waals surface area (Å²) in [5.41, 5.74) is 2.01. The number of hydrogen-bond donors (Lipinski definition) is 4. The number of carbonyl (C=O) groups is 2. The molecule has 0 aliphatic carbocycles. The Hall–Kier alpha value is -2.30. The van der Waals surface area contributed by atoms with Gasteiger partial charge in [0.1, 0.15) is 23.3 Å². The quantitative estimate of drug-likeness (QED) is 0.116. The minimum atomic E-state index is -0.614. The minimum Gasteiger partial charge on any atom is -0.392 e. The van der Waals surface area contributed by atoms with E-state index in [4.69, 9.17) is 20.4 Å². The molecule has 0 saturated heterocycles. The highest BCUT2D eigenvalue weighted by molar-refractivity contribution is 9.11. The molecule has 44 heavy (non-hydrogen) atoms. The van der Waals surface area contributed by atoms with Crippen LogP contribution in [-0.2, 0) is 26.4 Å². The number of benzene rings is 4. The number of halogens is 8. The maximum absolute atomic E-state index is 12.9. The molecule has 0 bridgehead atoms. The number of aliphatic hydroxyl groups is 4. The Morgan fingerprint density at radius 2 is 0.909 bits per heavy atom. The zero-order valence-electron chi connectivity index (χ0n) is 22.4. The molecule has 6 nitrogen and oxygen atoms in total. The minimum absolute atomic E-state index is 0.0147. The van der Waals surface area contributed by atoms with Crippen LogP contribution in [0.4, 0.5) is 17.6 Å². The van der Waals surface area contributed by atoms with Crippen LogP contribution in [0.15, 0.2) is 78.6 Å². The normalized spacial score (nSPS) is 9.91. The van der Waals surface area contributed by atoms with Crippen LogP contribution in [0.25, 0.3) is 0 Å². The molecule has 0 unspecified atom stereocenters. The van der Waals surface area contributed by atoms with Crippen molar-refractivity contribution >= 4 is 76.3 Å². The molecule has 0 spiro atoms. The average Bonchev–Trinajstić information content (AvgIpc) is 3.02. The van der Waals surface area contributed by atoms with Gasteiger partial charge >= 0.3 is 0 Å². The second-order valence-electron chi connectivity index (χ2n) is 8.27. The maximum atomic E-state index is 12.9. The van der Waals surface area contributed by atoms with Crippen molar-refractivity contribution in [1.29, 1.82) is 0 Å². The van der Waals surface area contributed by atoms with Gasteiger partial charge in [-0.2, -0.15) is 0 Å². The Labute approximate surface area is 283 Å². The summed E-state index contributed by atoms with van der Waals surface area (Å²) >= 11 is 12.5. The van der Waals surface area contributed by atoms with Crippen LogP contribution >= 0.6 is 63.7 Å². The largest absolute Gasteiger partial charge is 0.392 e. The molecule has 0 amide bonds. The third kappa shape index (κ3) is 13.0. The Morgan fingerprint density at radius 1 is 0.477 bits per heavy atom. The van der Waals surface area contributed by atoms with E-state index in [9.17, 15) is 27.2 Å². The summed E-state index contributed by atoms with van der Waals surface area (Å²) in [7, 11) is 0. The van der Waals surface area contributed by atoms with Crippen molar-refractivity contribution in [3.63, 3.8) is 0 Å². The van der Waals surface area contributed by atoms with E-state index in [1.807, 2.05) is 0 Å². The van der Waals surface area contributed by atoms with E-state index in [1.54, 1.807) is 6.07 Å². The predicted octanol–water partition coefficient (Wildman–Crippen LogP) is 7.95. The SMILES string of the molecule is O=Cc1cc(Br)c(CO)cc1F.O=Cc1cc(F)ccc1Br.OCc1cc(Br)c(CO)cc1F.OCc1cc(F)ccc1Br. The van der Waals surface area contributed by atoms with Crippen molar-refractivity contribution < 1.29 is 47.6 Å². The van der Waals surface area contributed by atoms with Gasteiger partial charge in [-0.05, 0) is 77.4 Å². The molecular formula is C30H24Br4F4O6. The van der Waals surface area contributed by atoms with Gasteiger partial charge in [0.05, 0.1) is 32.0 Å². The first-order valence-electron chi connectivity index (χ1n) is 12.0. The Balaban J connectivity index is 0.000000294. The maximum Gasteiger partial charge on any atom is 0.153 e. The summed E-state index contributed by atoms with van der Waals surface area (Å²) in [4.78, 5) is 20.4. The number of aliphatic hydroxyl groups excluding tert-OH is 4. The fraction of sp³-hybridized carbons (Fsp3) is 0.133. The fourth-order valence-corrected chi connectivity index (χ4v) is 4.67. The molecule has 4 N–H and O–H groups in total. The standard InChI is InChI=1S/C8H8BrFO2.C8H6BrFO2.C7H6BrFO.C7H4BrFO/c2*9-7-1-6(4-12)8(10)2-5(7)3-11;2*8-7-2-1-6(9)3-5(7)4-10/h1-2,11-12H,3-4H2;1-2,4,11H,3H2;1-3,10H,4H2;1-4H. The Morgan fingerprint density at radius 3 is 1.36 bits per heavy atom. The summed E-state index contributed by atoms with van der Waals surface area (Å²) in [6.45, 7) is -0.950. The Kier molecular flexibility index (Phi) is 18.7. The number of carbonyl (C=O) groups excluding carboxylic acids is 2. The van der Waals surface area contributed by atoms with Crippen LogP contribution in [0.1, 0.15) is 43.0 Å². The van der Waals surface area contributed by atoms with Gasteiger partial charge in [-0.1, -0.05) is 63.7 Å². The molecular weight excluding hydrogens is 852 g/mol. The third-order valence-electron chi connectivity index (χ3n) is 5.28. The highest BCUT2D eigenvalue weighted by Gasteiger charge is 2.07. The van der Waals surface area contributed by atoms with E-state index in [2.05, 4.69) is 63.7 Å². The molecule has 0 atom stereocenters. The zero-order valence-corrected chi connectivity index (χ0v) is 28.7. The van der Waals surface area contributed by atoms with Gasteiger partial charge in [0.25, 0.3) is 0 Å². The van der Waals surface area contributed by atoms with Gasteiger partial charge < -0.3 is 20.4 Å². The number of rotatable bonds is 6. The second kappa shape index (κ2) is 20.7. The lowest BCUT2D eigenvalue weighted by Crippen LogP contribution is -1.94. The molecule has 4 aromatic carbocycles. The number of hydrogen-bond acceptors (Lipinski definition) is 6. The van der Waals surface area contributed by atoms with Crippen molar-refractivity contribution in [3.8, 4) is 0 Å². The van der Waals surface area contributed by atoms with E-state index in [-0.39, 0.29) is 43.4 Å². The van der Waals surface area contributed by atoms with Crippen LogP contribution in [0, 0.1) is 23.3 Å². The molecule has 0 saturated carbocycles. The molecule has 0 fully saturated rings. The first kappa shape index (κ1) is 39.7. The summed E-state index contributed by atoms with van der Waals surface area (Å²) < 4.78 is 53.0. The van der Waals surface area contributed by atoms with E-state index in [0.29, 0.717) is 48.2 Å². The molecule has 0 radical (unpaired) electrons. The highest BCUT2D eigenvalue weighted by atomic mass is 79.9. The molecule has 0 aliphatic heterocycles. The molecule has 4 rings (SSSR count). The van der Waals surface area contributed by atoms with Crippen molar-refractivity contribution in [2.45, 2.75) is 26.4 Å². The average molecular weight is 876 g/mol. The highest BCUT2D eigenvalue weighted by Crippen LogP contribution is 2.22. The molecule has 236 valence electrons. The lowest BCUT2D eigenvalue weighted by atomic mass is 10.1. The fourth-order valence-electron chi connectivity index (χ4n) is 2.96. The second-order valence-corrected chi connectivity index (χ2v) is 11.7. The molecule has 0 aliphatic rings. The van der Waals surface area contributed by atoms with Gasteiger partial charge in [-0.15, -0.1) is 0 Å². The first-order chi connectivity index (χ1) is 20.8. The number of aldehydes is 2. The summed E-state index contributed by atoms with van der Waals surface area (Å²) in [5.74, 6) is -1.83. The smallest absolute Gasteiger partial charge is 0.153 e. The predicted molar refractivity (Wildman–Crippen MR) is 171 cm³/mol. The monoisotopic (exact) mass is 872 g/mol. The van der Waals surface area contributed by atoms with Gasteiger partial charge in [0.15, 0.2) is 12.6 Å². The van der Waals surface area contributed by atoms with Crippen molar-refractivity contribution in [3.05, 3.63) is 135 Å². The molecule has 0 aromatic heterocycles. The van der Waals surface area contributed by atoms with E-state index in [0.717, 1.165) is 10.5 Å². The Bertz CT molecular complexity index is 1530. The third-order valence-corrected chi connectivity index (χ3v) is 8.25. The van der Waals surface area contributed by atoms with Crippen LogP contribution in [-0.4, -0.2) is 33.0 Å². The van der Waals surface area contributed by atoms with Gasteiger partial charge in [-0.3, -0.25) is 9.59 Å². The summed E-state index contributed by atoms with van der Waals surface area (Å²) in [6, 6.07) is 13.3.